The van der Waals surface area contributed by atoms with E-state index in [1.165, 1.54) is 0 Å². The van der Waals surface area contributed by atoms with E-state index in [-0.39, 0.29) is 12.1 Å². The first-order valence-corrected chi connectivity index (χ1v) is 5.09. The molecule has 3 heteroatoms. The Morgan fingerprint density at radius 2 is 2.14 bits per heavy atom. The maximum Gasteiger partial charge on any atom is 0.123 e. The highest BCUT2D eigenvalue weighted by Gasteiger charge is 2.11. The van der Waals surface area contributed by atoms with E-state index in [2.05, 4.69) is 6.92 Å². The quantitative estimate of drug-likeness (QED) is 0.787. The zero-order valence-electron chi connectivity index (χ0n) is 9.12. The van der Waals surface area contributed by atoms with Crippen molar-refractivity contribution in [2.45, 2.75) is 39.3 Å². The van der Waals surface area contributed by atoms with Gasteiger partial charge in [0, 0.05) is 6.42 Å². The second kappa shape index (κ2) is 5.17. The van der Waals surface area contributed by atoms with Crippen LogP contribution in [0.1, 0.15) is 38.3 Å². The van der Waals surface area contributed by atoms with Gasteiger partial charge in [-0.2, -0.15) is 0 Å². The van der Waals surface area contributed by atoms with Gasteiger partial charge in [0.05, 0.1) is 18.8 Å². The second-order valence-corrected chi connectivity index (χ2v) is 3.65. The lowest BCUT2D eigenvalue weighted by Crippen LogP contribution is -2.19. The van der Waals surface area contributed by atoms with Crippen molar-refractivity contribution in [1.29, 1.82) is 0 Å². The Bertz CT molecular complexity index is 268. The number of ether oxygens (including phenoxy) is 1. The van der Waals surface area contributed by atoms with E-state index < -0.39 is 0 Å². The minimum Gasteiger partial charge on any atom is -0.464 e. The predicted octanol–water partition coefficient (Wildman–Crippen LogP) is 2.27. The van der Waals surface area contributed by atoms with Crippen LogP contribution in [0, 0.1) is 0 Å². The average Bonchev–Trinajstić information content (AvgIpc) is 2.62. The fourth-order valence-corrected chi connectivity index (χ4v) is 1.16. The molecular formula is C11H19NO2. The molecule has 1 atom stereocenters. The summed E-state index contributed by atoms with van der Waals surface area (Å²) in [5.74, 6) is 1.78. The first-order valence-electron chi connectivity index (χ1n) is 5.09. The molecule has 1 aromatic rings. The van der Waals surface area contributed by atoms with Gasteiger partial charge in [-0.05, 0) is 26.0 Å². The van der Waals surface area contributed by atoms with E-state index in [9.17, 15) is 0 Å². The van der Waals surface area contributed by atoms with Gasteiger partial charge in [0.15, 0.2) is 0 Å². The third-order valence-electron chi connectivity index (χ3n) is 2.01. The number of rotatable bonds is 5. The molecule has 0 aromatic carbocycles. The first kappa shape index (κ1) is 11.3. The third-order valence-corrected chi connectivity index (χ3v) is 2.01. The molecule has 1 aromatic heterocycles. The summed E-state index contributed by atoms with van der Waals surface area (Å²) < 4.78 is 10.9. The second-order valence-electron chi connectivity index (χ2n) is 3.65. The summed E-state index contributed by atoms with van der Waals surface area (Å²) in [6.07, 6.45) is 1.11. The van der Waals surface area contributed by atoms with E-state index >= 15 is 0 Å². The minimum atomic E-state index is -0.155. The van der Waals surface area contributed by atoms with Crippen LogP contribution in [-0.4, -0.2) is 12.7 Å². The van der Waals surface area contributed by atoms with Crippen LogP contribution in [0.5, 0.6) is 0 Å². The van der Waals surface area contributed by atoms with Crippen molar-refractivity contribution in [3.8, 4) is 0 Å². The van der Waals surface area contributed by atoms with Crippen LogP contribution in [-0.2, 0) is 11.2 Å². The summed E-state index contributed by atoms with van der Waals surface area (Å²) in [6, 6.07) is 3.73. The monoisotopic (exact) mass is 197 g/mol. The summed E-state index contributed by atoms with van der Waals surface area (Å²) in [5.41, 5.74) is 5.89. The van der Waals surface area contributed by atoms with Gasteiger partial charge in [-0.3, -0.25) is 0 Å². The van der Waals surface area contributed by atoms with Crippen molar-refractivity contribution in [3.63, 3.8) is 0 Å². The molecule has 0 aliphatic carbocycles. The molecule has 0 radical (unpaired) electrons. The van der Waals surface area contributed by atoms with Crippen LogP contribution < -0.4 is 5.73 Å². The van der Waals surface area contributed by atoms with Crippen molar-refractivity contribution < 1.29 is 9.15 Å². The number of hydrogen-bond donors (Lipinski definition) is 1. The molecule has 0 spiro atoms. The van der Waals surface area contributed by atoms with Crippen LogP contribution >= 0.6 is 0 Å². The van der Waals surface area contributed by atoms with Gasteiger partial charge in [-0.1, -0.05) is 6.92 Å². The number of hydrogen-bond acceptors (Lipinski definition) is 3. The molecular weight excluding hydrogens is 178 g/mol. The Morgan fingerprint density at radius 1 is 1.43 bits per heavy atom. The highest BCUT2D eigenvalue weighted by atomic mass is 16.5. The molecule has 0 aliphatic rings. The zero-order chi connectivity index (χ0) is 10.6. The summed E-state index contributed by atoms with van der Waals surface area (Å²) >= 11 is 0. The Hall–Kier alpha value is -0.800. The molecule has 0 amide bonds. The van der Waals surface area contributed by atoms with Crippen LogP contribution in [0.25, 0.3) is 0 Å². The van der Waals surface area contributed by atoms with Crippen LogP contribution in [0.3, 0.4) is 0 Å². The van der Waals surface area contributed by atoms with Crippen molar-refractivity contribution in [2.75, 3.05) is 6.61 Å². The van der Waals surface area contributed by atoms with Gasteiger partial charge >= 0.3 is 0 Å². The molecule has 80 valence electrons. The Labute approximate surface area is 85.2 Å². The minimum absolute atomic E-state index is 0.155. The molecule has 0 bridgehead atoms. The fraction of sp³-hybridized carbons (Fsp3) is 0.636. The molecule has 0 saturated carbocycles. The third kappa shape index (κ3) is 3.16. The van der Waals surface area contributed by atoms with E-state index in [1.54, 1.807) is 0 Å². The van der Waals surface area contributed by atoms with Gasteiger partial charge < -0.3 is 14.9 Å². The SMILES string of the molecule is CCc1ccc(C(N)COC(C)C)o1. The van der Waals surface area contributed by atoms with Crippen molar-refractivity contribution in [1.82, 2.24) is 0 Å². The molecule has 0 aliphatic heterocycles. The lowest BCUT2D eigenvalue weighted by Gasteiger charge is -2.11. The molecule has 1 unspecified atom stereocenters. The van der Waals surface area contributed by atoms with Gasteiger partial charge in [0.1, 0.15) is 11.5 Å². The van der Waals surface area contributed by atoms with Gasteiger partial charge in [0.2, 0.25) is 0 Å². The van der Waals surface area contributed by atoms with Crippen LogP contribution in [0.2, 0.25) is 0 Å². The van der Waals surface area contributed by atoms with Crippen molar-refractivity contribution in [2.24, 2.45) is 5.73 Å². The maximum absolute atomic E-state index is 5.89. The Kier molecular flexibility index (Phi) is 4.17. The highest BCUT2D eigenvalue weighted by Crippen LogP contribution is 2.15. The lowest BCUT2D eigenvalue weighted by atomic mass is 10.2. The largest absolute Gasteiger partial charge is 0.464 e. The van der Waals surface area contributed by atoms with Crippen LogP contribution in [0.4, 0.5) is 0 Å². The summed E-state index contributed by atoms with van der Waals surface area (Å²) in [7, 11) is 0. The first-order chi connectivity index (χ1) is 6.63. The summed E-state index contributed by atoms with van der Waals surface area (Å²) in [6.45, 7) is 6.55. The lowest BCUT2D eigenvalue weighted by molar-refractivity contribution is 0.0644. The molecule has 1 rings (SSSR count). The van der Waals surface area contributed by atoms with Gasteiger partial charge in [-0.15, -0.1) is 0 Å². The van der Waals surface area contributed by atoms with Crippen molar-refractivity contribution in [3.05, 3.63) is 23.7 Å². The molecule has 14 heavy (non-hydrogen) atoms. The number of aryl methyl sites for hydroxylation is 1. The zero-order valence-corrected chi connectivity index (χ0v) is 9.12. The number of furan rings is 1. The average molecular weight is 197 g/mol. The maximum atomic E-state index is 5.89. The van der Waals surface area contributed by atoms with E-state index in [0.29, 0.717) is 6.61 Å². The standard InChI is InChI=1S/C11H19NO2/c1-4-9-5-6-11(14-9)10(12)7-13-8(2)3/h5-6,8,10H,4,7,12H2,1-3H3. The normalized spacial score (nSPS) is 13.5. The van der Waals surface area contributed by atoms with E-state index in [4.69, 9.17) is 14.9 Å². The molecule has 2 N–H and O–H groups in total. The smallest absolute Gasteiger partial charge is 0.123 e. The number of nitrogens with two attached hydrogens (primary N) is 1. The van der Waals surface area contributed by atoms with Crippen LogP contribution in [0.15, 0.2) is 16.5 Å². The molecule has 1 heterocycles. The Balaban J connectivity index is 2.47. The van der Waals surface area contributed by atoms with Gasteiger partial charge in [-0.25, -0.2) is 0 Å². The summed E-state index contributed by atoms with van der Waals surface area (Å²) in [4.78, 5) is 0. The predicted molar refractivity (Wildman–Crippen MR) is 56.1 cm³/mol. The van der Waals surface area contributed by atoms with Gasteiger partial charge in [0.25, 0.3) is 0 Å². The molecule has 3 nitrogen and oxygen atoms in total. The Morgan fingerprint density at radius 3 is 2.64 bits per heavy atom. The molecule has 0 fully saturated rings. The fourth-order valence-electron chi connectivity index (χ4n) is 1.16. The van der Waals surface area contributed by atoms with E-state index in [1.807, 2.05) is 26.0 Å². The highest BCUT2D eigenvalue weighted by molar-refractivity contribution is 5.10. The topological polar surface area (TPSA) is 48.4 Å². The van der Waals surface area contributed by atoms with E-state index in [0.717, 1.165) is 17.9 Å². The summed E-state index contributed by atoms with van der Waals surface area (Å²) in [5, 5.41) is 0. The molecule has 0 saturated heterocycles. The van der Waals surface area contributed by atoms with Crippen molar-refractivity contribution >= 4 is 0 Å².